The lowest BCUT2D eigenvalue weighted by Gasteiger charge is -2.22. The molecule has 0 aliphatic carbocycles. The number of nitrogens with one attached hydrogen (secondary N) is 1. The van der Waals surface area contributed by atoms with Crippen molar-refractivity contribution in [3.8, 4) is 0 Å². The lowest BCUT2D eigenvalue weighted by atomic mass is 10.1. The molecule has 1 amide bonds. The number of anilines is 2. The Morgan fingerprint density at radius 1 is 1.43 bits per heavy atom. The molecule has 0 unspecified atom stereocenters. The molecule has 5 nitrogen and oxygen atoms in total. The Hall–Kier alpha value is -1.59. The van der Waals surface area contributed by atoms with Crippen LogP contribution < -0.4 is 11.1 Å². The van der Waals surface area contributed by atoms with E-state index >= 15 is 0 Å². The fourth-order valence-electron chi connectivity index (χ4n) is 2.33. The van der Waals surface area contributed by atoms with Crippen molar-refractivity contribution in [2.24, 2.45) is 0 Å². The van der Waals surface area contributed by atoms with E-state index in [2.05, 4.69) is 5.32 Å². The normalized spacial score (nSPS) is 15.9. The van der Waals surface area contributed by atoms with E-state index in [1.807, 2.05) is 25.1 Å². The van der Waals surface area contributed by atoms with Gasteiger partial charge in [0.25, 0.3) is 0 Å². The quantitative estimate of drug-likeness (QED) is 0.624. The molecule has 21 heavy (non-hydrogen) atoms. The smallest absolute Gasteiger partial charge is 0.224 e. The molecule has 0 aromatic heterocycles. The summed E-state index contributed by atoms with van der Waals surface area (Å²) < 4.78 is 11.0. The molecule has 0 radical (unpaired) electrons. The second-order valence-corrected chi connectivity index (χ2v) is 5.35. The number of hydrogen-bond donors (Lipinski definition) is 2. The van der Waals surface area contributed by atoms with Crippen LogP contribution in [0.1, 0.15) is 31.2 Å². The van der Waals surface area contributed by atoms with Crippen LogP contribution in [0, 0.1) is 6.92 Å². The molecule has 2 rings (SSSR count). The van der Waals surface area contributed by atoms with Crippen LogP contribution >= 0.6 is 0 Å². The minimum atomic E-state index is -0.000669. The van der Waals surface area contributed by atoms with Crippen molar-refractivity contribution in [1.29, 1.82) is 0 Å². The van der Waals surface area contributed by atoms with Gasteiger partial charge in [0.15, 0.2) is 0 Å². The van der Waals surface area contributed by atoms with Crippen molar-refractivity contribution >= 4 is 17.3 Å². The zero-order chi connectivity index (χ0) is 15.1. The van der Waals surface area contributed by atoms with Crippen LogP contribution in [0.3, 0.4) is 0 Å². The van der Waals surface area contributed by atoms with Gasteiger partial charge in [-0.1, -0.05) is 6.07 Å². The van der Waals surface area contributed by atoms with Crippen molar-refractivity contribution in [2.45, 2.75) is 38.7 Å². The number of ether oxygens (including phenoxy) is 2. The average Bonchev–Trinajstić information content (AvgIpc) is 2.49. The molecule has 1 aliphatic heterocycles. The Labute approximate surface area is 125 Å². The topological polar surface area (TPSA) is 73.6 Å². The fourth-order valence-corrected chi connectivity index (χ4v) is 2.33. The van der Waals surface area contributed by atoms with Crippen LogP contribution in [0.15, 0.2) is 18.2 Å². The Bertz CT molecular complexity index is 471. The molecule has 3 N–H and O–H groups in total. The minimum absolute atomic E-state index is 0.000669. The van der Waals surface area contributed by atoms with Gasteiger partial charge < -0.3 is 20.5 Å². The van der Waals surface area contributed by atoms with Crippen LogP contribution in [0.4, 0.5) is 11.4 Å². The van der Waals surface area contributed by atoms with Crippen LogP contribution in [0.2, 0.25) is 0 Å². The zero-order valence-electron chi connectivity index (χ0n) is 12.6. The Balaban J connectivity index is 1.66. The number of nitrogens with two attached hydrogens (primary N) is 1. The molecule has 0 saturated carbocycles. The first-order chi connectivity index (χ1) is 10.2. The lowest BCUT2D eigenvalue weighted by molar-refractivity contribution is -0.116. The maximum absolute atomic E-state index is 11.9. The highest BCUT2D eigenvalue weighted by atomic mass is 16.5. The van der Waals surface area contributed by atoms with Gasteiger partial charge in [0, 0.05) is 37.6 Å². The number of carbonyl (C=O) groups is 1. The number of hydrogen-bond acceptors (Lipinski definition) is 4. The van der Waals surface area contributed by atoms with Gasteiger partial charge in [-0.25, -0.2) is 0 Å². The maximum atomic E-state index is 11.9. The summed E-state index contributed by atoms with van der Waals surface area (Å²) in [5.41, 5.74) is 8.20. The summed E-state index contributed by atoms with van der Waals surface area (Å²) in [5.74, 6) is -0.000669. The number of benzene rings is 1. The summed E-state index contributed by atoms with van der Waals surface area (Å²) in [6.07, 6.45) is 3.38. The number of nitrogen functional groups attached to an aromatic ring is 1. The van der Waals surface area contributed by atoms with Gasteiger partial charge in [0.05, 0.1) is 6.10 Å². The molecule has 0 spiro atoms. The van der Waals surface area contributed by atoms with Gasteiger partial charge in [0.1, 0.15) is 0 Å². The molecular formula is C16H24N2O3. The second kappa shape index (κ2) is 8.00. The van der Waals surface area contributed by atoms with E-state index in [1.54, 1.807) is 0 Å². The SMILES string of the molecule is Cc1c(N)cccc1NC(=O)CCCOC1CCOCC1. The first kappa shape index (κ1) is 15.8. The first-order valence-corrected chi connectivity index (χ1v) is 7.51. The van der Waals surface area contributed by atoms with Crippen LogP contribution in [0.25, 0.3) is 0 Å². The highest BCUT2D eigenvalue weighted by molar-refractivity contribution is 5.92. The van der Waals surface area contributed by atoms with Crippen LogP contribution in [-0.2, 0) is 14.3 Å². The monoisotopic (exact) mass is 292 g/mol. The fraction of sp³-hybridized carbons (Fsp3) is 0.562. The van der Waals surface area contributed by atoms with Crippen molar-refractivity contribution in [3.05, 3.63) is 23.8 Å². The molecule has 1 aromatic rings. The Kier molecular flexibility index (Phi) is 6.02. The molecule has 0 bridgehead atoms. The summed E-state index contributed by atoms with van der Waals surface area (Å²) in [6.45, 7) is 4.08. The van der Waals surface area contributed by atoms with Gasteiger partial charge in [-0.05, 0) is 43.9 Å². The van der Waals surface area contributed by atoms with Crippen molar-refractivity contribution in [2.75, 3.05) is 30.9 Å². The van der Waals surface area contributed by atoms with E-state index in [0.717, 1.165) is 43.7 Å². The van der Waals surface area contributed by atoms with Gasteiger partial charge >= 0.3 is 0 Å². The molecule has 1 aromatic carbocycles. The standard InChI is InChI=1S/C16H24N2O3/c1-12-14(17)4-2-5-15(12)18-16(19)6-3-9-21-13-7-10-20-11-8-13/h2,4-5,13H,3,6-11,17H2,1H3,(H,18,19). The van der Waals surface area contributed by atoms with Gasteiger partial charge in [-0.15, -0.1) is 0 Å². The molecule has 0 atom stereocenters. The average molecular weight is 292 g/mol. The zero-order valence-corrected chi connectivity index (χ0v) is 12.6. The summed E-state index contributed by atoms with van der Waals surface area (Å²) >= 11 is 0. The Morgan fingerprint density at radius 2 is 2.19 bits per heavy atom. The molecule has 1 aliphatic rings. The minimum Gasteiger partial charge on any atom is -0.398 e. The van der Waals surface area contributed by atoms with Gasteiger partial charge in [-0.2, -0.15) is 0 Å². The van der Waals surface area contributed by atoms with E-state index in [0.29, 0.717) is 18.7 Å². The molecule has 1 fully saturated rings. The summed E-state index contributed by atoms with van der Waals surface area (Å²) in [7, 11) is 0. The van der Waals surface area contributed by atoms with Gasteiger partial charge in [-0.3, -0.25) is 4.79 Å². The van der Waals surface area contributed by atoms with E-state index in [4.69, 9.17) is 15.2 Å². The van der Waals surface area contributed by atoms with E-state index < -0.39 is 0 Å². The molecular weight excluding hydrogens is 268 g/mol. The third kappa shape index (κ3) is 5.02. The third-order valence-electron chi connectivity index (χ3n) is 3.72. The lowest BCUT2D eigenvalue weighted by Crippen LogP contribution is -2.24. The van der Waals surface area contributed by atoms with Crippen LogP contribution in [-0.4, -0.2) is 31.8 Å². The number of amides is 1. The molecule has 1 heterocycles. The highest BCUT2D eigenvalue weighted by Gasteiger charge is 2.14. The third-order valence-corrected chi connectivity index (χ3v) is 3.72. The molecule has 116 valence electrons. The van der Waals surface area contributed by atoms with E-state index in [-0.39, 0.29) is 12.0 Å². The predicted molar refractivity (Wildman–Crippen MR) is 83.2 cm³/mol. The Morgan fingerprint density at radius 3 is 2.95 bits per heavy atom. The number of rotatable bonds is 6. The van der Waals surface area contributed by atoms with E-state index in [1.165, 1.54) is 0 Å². The predicted octanol–water partition coefficient (Wildman–Crippen LogP) is 2.49. The largest absolute Gasteiger partial charge is 0.398 e. The van der Waals surface area contributed by atoms with Gasteiger partial charge in [0.2, 0.25) is 5.91 Å². The first-order valence-electron chi connectivity index (χ1n) is 7.51. The van der Waals surface area contributed by atoms with Crippen LogP contribution in [0.5, 0.6) is 0 Å². The van der Waals surface area contributed by atoms with Crippen molar-refractivity contribution in [1.82, 2.24) is 0 Å². The summed E-state index contributed by atoms with van der Waals surface area (Å²) in [4.78, 5) is 11.9. The second-order valence-electron chi connectivity index (χ2n) is 5.35. The summed E-state index contributed by atoms with van der Waals surface area (Å²) in [6, 6.07) is 5.53. The molecule has 5 heteroatoms. The van der Waals surface area contributed by atoms with E-state index in [9.17, 15) is 4.79 Å². The maximum Gasteiger partial charge on any atom is 0.224 e. The number of carbonyl (C=O) groups excluding carboxylic acids is 1. The van der Waals surface area contributed by atoms with Crippen molar-refractivity contribution in [3.63, 3.8) is 0 Å². The molecule has 1 saturated heterocycles. The van der Waals surface area contributed by atoms with Crippen molar-refractivity contribution < 1.29 is 14.3 Å². The summed E-state index contributed by atoms with van der Waals surface area (Å²) in [5, 5.41) is 2.89. The highest BCUT2D eigenvalue weighted by Crippen LogP contribution is 2.20.